The number of rotatable bonds is 5. The summed E-state index contributed by atoms with van der Waals surface area (Å²) in [6, 6.07) is 18.4. The van der Waals surface area contributed by atoms with E-state index in [4.69, 9.17) is 9.26 Å². The molecule has 0 fully saturated rings. The van der Waals surface area contributed by atoms with Crippen LogP contribution in [0.25, 0.3) is 17.0 Å². The number of aryl methyl sites for hydroxylation is 2. The standard InChI is InChI=1S/C28H25FN4O3/c1-16-8-13-22(14-17(16)2)33-18(3)24(25(30-28(33)34)20-6-5-7-23(15-20)35-4)27-31-26(32-36-27)19-9-11-21(29)12-10-19/h5-15,25H,1-4H3,(H,30,34). The first kappa shape index (κ1) is 23.3. The molecule has 1 unspecified atom stereocenters. The zero-order valence-electron chi connectivity index (χ0n) is 20.4. The fourth-order valence-electron chi connectivity index (χ4n) is 4.32. The molecule has 1 aliphatic rings. The molecule has 0 spiro atoms. The van der Waals surface area contributed by atoms with Gasteiger partial charge in [0.05, 0.1) is 24.4 Å². The Hall–Kier alpha value is -4.46. The van der Waals surface area contributed by atoms with E-state index in [0.29, 0.717) is 28.4 Å². The van der Waals surface area contributed by atoms with Crippen LogP contribution in [0.4, 0.5) is 14.9 Å². The Balaban J connectivity index is 1.66. The van der Waals surface area contributed by atoms with E-state index in [2.05, 4.69) is 15.5 Å². The van der Waals surface area contributed by atoms with Gasteiger partial charge in [0.2, 0.25) is 5.82 Å². The Morgan fingerprint density at radius 1 is 1.00 bits per heavy atom. The molecule has 1 aliphatic heterocycles. The maximum Gasteiger partial charge on any atom is 0.326 e. The van der Waals surface area contributed by atoms with Crippen LogP contribution in [0.15, 0.2) is 77.0 Å². The van der Waals surface area contributed by atoms with Gasteiger partial charge in [-0.3, -0.25) is 4.90 Å². The lowest BCUT2D eigenvalue weighted by molar-refractivity contribution is 0.244. The first-order chi connectivity index (χ1) is 17.4. The fraction of sp³-hybridized carbons (Fsp3) is 0.179. The number of halogens is 1. The molecule has 5 rings (SSSR count). The molecule has 2 heterocycles. The molecule has 0 bridgehead atoms. The molecule has 8 heteroatoms. The van der Waals surface area contributed by atoms with Gasteiger partial charge in [-0.2, -0.15) is 4.98 Å². The smallest absolute Gasteiger partial charge is 0.326 e. The van der Waals surface area contributed by atoms with Crippen molar-refractivity contribution in [2.75, 3.05) is 12.0 Å². The Morgan fingerprint density at radius 3 is 2.50 bits per heavy atom. The fourth-order valence-corrected chi connectivity index (χ4v) is 4.32. The van der Waals surface area contributed by atoms with Crippen LogP contribution in [-0.2, 0) is 0 Å². The van der Waals surface area contributed by atoms with E-state index in [9.17, 15) is 9.18 Å². The quantitative estimate of drug-likeness (QED) is 0.365. The third-order valence-electron chi connectivity index (χ3n) is 6.42. The number of carbonyl (C=O) groups excluding carboxylic acids is 1. The summed E-state index contributed by atoms with van der Waals surface area (Å²) in [5, 5.41) is 7.23. The van der Waals surface area contributed by atoms with Crippen molar-refractivity contribution in [1.82, 2.24) is 15.5 Å². The van der Waals surface area contributed by atoms with E-state index in [-0.39, 0.29) is 17.7 Å². The van der Waals surface area contributed by atoms with Gasteiger partial charge in [0.15, 0.2) is 0 Å². The van der Waals surface area contributed by atoms with Gasteiger partial charge in [0.25, 0.3) is 5.89 Å². The first-order valence-electron chi connectivity index (χ1n) is 11.5. The largest absolute Gasteiger partial charge is 0.497 e. The maximum absolute atomic E-state index is 13.4. The number of methoxy groups -OCH3 is 1. The second-order valence-electron chi connectivity index (χ2n) is 8.69. The number of aromatic nitrogens is 2. The van der Waals surface area contributed by atoms with Gasteiger partial charge in [-0.1, -0.05) is 23.4 Å². The molecule has 0 radical (unpaired) electrons. The number of carbonyl (C=O) groups is 1. The van der Waals surface area contributed by atoms with E-state index in [1.54, 1.807) is 24.1 Å². The van der Waals surface area contributed by atoms with Gasteiger partial charge in [-0.15, -0.1) is 0 Å². The molecule has 2 amide bonds. The molecule has 0 aliphatic carbocycles. The number of nitrogens with one attached hydrogen (secondary N) is 1. The second-order valence-corrected chi connectivity index (χ2v) is 8.69. The summed E-state index contributed by atoms with van der Waals surface area (Å²) in [4.78, 5) is 19.7. The normalized spacial score (nSPS) is 15.8. The summed E-state index contributed by atoms with van der Waals surface area (Å²) in [6.07, 6.45) is 0. The number of urea groups is 1. The van der Waals surface area contributed by atoms with E-state index in [0.717, 1.165) is 22.4 Å². The van der Waals surface area contributed by atoms with Crippen molar-refractivity contribution in [3.63, 3.8) is 0 Å². The number of amides is 2. The summed E-state index contributed by atoms with van der Waals surface area (Å²) in [6.45, 7) is 5.89. The summed E-state index contributed by atoms with van der Waals surface area (Å²) >= 11 is 0. The van der Waals surface area contributed by atoms with Crippen LogP contribution in [0.3, 0.4) is 0 Å². The monoisotopic (exact) mass is 484 g/mol. The highest BCUT2D eigenvalue weighted by Crippen LogP contribution is 2.40. The Morgan fingerprint density at radius 2 is 1.78 bits per heavy atom. The van der Waals surface area contributed by atoms with Crippen LogP contribution in [0.5, 0.6) is 5.75 Å². The van der Waals surface area contributed by atoms with Crippen LogP contribution in [0.1, 0.15) is 35.5 Å². The predicted octanol–water partition coefficient (Wildman–Crippen LogP) is 6.20. The molecular weight excluding hydrogens is 459 g/mol. The van der Waals surface area contributed by atoms with Gasteiger partial charge in [0.1, 0.15) is 11.6 Å². The van der Waals surface area contributed by atoms with Crippen molar-refractivity contribution in [2.45, 2.75) is 26.8 Å². The molecule has 36 heavy (non-hydrogen) atoms. The Labute approximate surface area is 208 Å². The molecule has 0 saturated heterocycles. The highest BCUT2D eigenvalue weighted by Gasteiger charge is 2.36. The molecule has 1 atom stereocenters. The average molecular weight is 485 g/mol. The minimum absolute atomic E-state index is 0.258. The summed E-state index contributed by atoms with van der Waals surface area (Å²) in [5.41, 5.74) is 5.67. The highest BCUT2D eigenvalue weighted by atomic mass is 19.1. The number of allylic oxidation sites excluding steroid dienone is 1. The SMILES string of the molecule is COc1cccc(C2NC(=O)N(c3ccc(C)c(C)c3)C(C)=C2c2nc(-c3ccc(F)cc3)no2)c1. The number of benzene rings is 3. The molecule has 1 aromatic heterocycles. The molecule has 0 saturated carbocycles. The molecule has 7 nitrogen and oxygen atoms in total. The van der Waals surface area contributed by atoms with Crippen molar-refractivity contribution in [3.05, 3.63) is 101 Å². The van der Waals surface area contributed by atoms with Crippen LogP contribution < -0.4 is 15.0 Å². The Kier molecular flexibility index (Phi) is 6.01. The highest BCUT2D eigenvalue weighted by molar-refractivity contribution is 6.01. The van der Waals surface area contributed by atoms with Crippen molar-refractivity contribution in [3.8, 4) is 17.1 Å². The van der Waals surface area contributed by atoms with Crippen LogP contribution in [-0.4, -0.2) is 23.3 Å². The van der Waals surface area contributed by atoms with Crippen LogP contribution >= 0.6 is 0 Å². The predicted molar refractivity (Wildman–Crippen MR) is 135 cm³/mol. The lowest BCUT2D eigenvalue weighted by Crippen LogP contribution is -2.46. The summed E-state index contributed by atoms with van der Waals surface area (Å²) in [7, 11) is 1.59. The lowest BCUT2D eigenvalue weighted by Gasteiger charge is -2.35. The third kappa shape index (κ3) is 4.22. The lowest BCUT2D eigenvalue weighted by atomic mass is 9.94. The van der Waals surface area contributed by atoms with Gasteiger partial charge in [0, 0.05) is 11.3 Å². The summed E-state index contributed by atoms with van der Waals surface area (Å²) < 4.78 is 24.5. The van der Waals surface area contributed by atoms with E-state index < -0.39 is 6.04 Å². The molecular formula is C28H25FN4O3. The number of hydrogen-bond acceptors (Lipinski definition) is 5. The van der Waals surface area contributed by atoms with Gasteiger partial charge < -0.3 is 14.6 Å². The van der Waals surface area contributed by atoms with Gasteiger partial charge in [-0.05, 0) is 86.0 Å². The van der Waals surface area contributed by atoms with Gasteiger partial charge >= 0.3 is 6.03 Å². The zero-order chi connectivity index (χ0) is 25.4. The van der Waals surface area contributed by atoms with E-state index in [1.807, 2.05) is 63.2 Å². The van der Waals surface area contributed by atoms with E-state index in [1.165, 1.54) is 12.1 Å². The first-order valence-corrected chi connectivity index (χ1v) is 11.5. The van der Waals surface area contributed by atoms with Crippen molar-refractivity contribution < 1.29 is 18.4 Å². The second kappa shape index (κ2) is 9.30. The minimum Gasteiger partial charge on any atom is -0.497 e. The van der Waals surface area contributed by atoms with E-state index >= 15 is 0 Å². The molecule has 182 valence electrons. The van der Waals surface area contributed by atoms with Gasteiger partial charge in [-0.25, -0.2) is 9.18 Å². The maximum atomic E-state index is 13.4. The Bertz CT molecular complexity index is 1480. The molecule has 1 N–H and O–H groups in total. The number of ether oxygens (including phenoxy) is 1. The zero-order valence-corrected chi connectivity index (χ0v) is 20.4. The van der Waals surface area contributed by atoms with Crippen molar-refractivity contribution >= 4 is 17.3 Å². The number of nitrogens with zero attached hydrogens (tertiary/aromatic N) is 3. The molecule has 4 aromatic rings. The minimum atomic E-state index is -0.558. The van der Waals surface area contributed by atoms with Crippen LogP contribution in [0, 0.1) is 19.7 Å². The number of hydrogen-bond donors (Lipinski definition) is 1. The third-order valence-corrected chi connectivity index (χ3v) is 6.42. The van der Waals surface area contributed by atoms with Crippen molar-refractivity contribution in [2.24, 2.45) is 0 Å². The molecule has 3 aromatic carbocycles. The van der Waals surface area contributed by atoms with Crippen molar-refractivity contribution in [1.29, 1.82) is 0 Å². The summed E-state index contributed by atoms with van der Waals surface area (Å²) in [5.74, 6) is 0.892. The number of anilines is 1. The van der Waals surface area contributed by atoms with Crippen LogP contribution in [0.2, 0.25) is 0 Å². The average Bonchev–Trinajstić information content (AvgIpc) is 3.36. The topological polar surface area (TPSA) is 80.5 Å².